The van der Waals surface area contributed by atoms with Crippen molar-refractivity contribution in [2.24, 2.45) is 0 Å². The molecule has 0 saturated carbocycles. The van der Waals surface area contributed by atoms with Gasteiger partial charge in [0.2, 0.25) is 11.8 Å². The fourth-order valence-electron chi connectivity index (χ4n) is 2.75. The van der Waals surface area contributed by atoms with Gasteiger partial charge in [-0.25, -0.2) is 4.98 Å². The molecule has 0 saturated heterocycles. The first-order valence-corrected chi connectivity index (χ1v) is 11.3. The van der Waals surface area contributed by atoms with Crippen LogP contribution in [-0.4, -0.2) is 38.6 Å². The normalized spacial score (nSPS) is 12.0. The van der Waals surface area contributed by atoms with Crippen LogP contribution in [0.15, 0.2) is 29.3 Å². The molecule has 3 aromatic heterocycles. The minimum atomic E-state index is -0.348. The smallest absolute Gasteiger partial charge is 0.259 e. The molecule has 30 heavy (non-hydrogen) atoms. The van der Waals surface area contributed by atoms with Gasteiger partial charge in [0, 0.05) is 24.0 Å². The molecule has 0 aromatic carbocycles. The number of carbonyl (C=O) groups is 2. The zero-order valence-electron chi connectivity index (χ0n) is 16.9. The Kier molecular flexibility index (Phi) is 7.22. The van der Waals surface area contributed by atoms with Crippen molar-refractivity contribution in [3.8, 4) is 0 Å². The number of fused-ring (bicyclic) bond motifs is 1. The standard InChI is InChI=1S/C20H23N5O3S2/c1-11-12(2)30-20-17(11)19(28)24-15(25-20)10-29-13(3)18(27)22-8-6-16(26)23-14-5-4-7-21-9-14/h4-5,7,9,13H,6,8,10H2,1-3H3,(H,22,27)(H,23,26)(H,24,25,28). The maximum absolute atomic E-state index is 12.3. The lowest BCUT2D eigenvalue weighted by Gasteiger charge is -2.12. The number of carbonyl (C=O) groups excluding carboxylic acids is 2. The highest BCUT2D eigenvalue weighted by Gasteiger charge is 2.16. The molecule has 158 valence electrons. The molecule has 0 aliphatic carbocycles. The molecular weight excluding hydrogens is 422 g/mol. The highest BCUT2D eigenvalue weighted by molar-refractivity contribution is 7.99. The third-order valence-corrected chi connectivity index (χ3v) is 6.78. The number of thioether (sulfide) groups is 1. The Hall–Kier alpha value is -2.72. The van der Waals surface area contributed by atoms with E-state index >= 15 is 0 Å². The van der Waals surface area contributed by atoms with Crippen LogP contribution >= 0.6 is 23.1 Å². The van der Waals surface area contributed by atoms with Gasteiger partial charge in [0.25, 0.3) is 5.56 Å². The van der Waals surface area contributed by atoms with Gasteiger partial charge in [0.1, 0.15) is 10.7 Å². The molecule has 0 radical (unpaired) electrons. The van der Waals surface area contributed by atoms with Crippen LogP contribution in [0.5, 0.6) is 0 Å². The highest BCUT2D eigenvalue weighted by atomic mass is 32.2. The van der Waals surface area contributed by atoms with Crippen molar-refractivity contribution < 1.29 is 9.59 Å². The van der Waals surface area contributed by atoms with Crippen molar-refractivity contribution in [3.63, 3.8) is 0 Å². The Balaban J connectivity index is 1.46. The number of pyridine rings is 1. The average Bonchev–Trinajstić information content (AvgIpc) is 3.00. The first-order chi connectivity index (χ1) is 14.3. The summed E-state index contributed by atoms with van der Waals surface area (Å²) < 4.78 is 0. The molecule has 0 spiro atoms. The Morgan fingerprint density at radius 1 is 1.33 bits per heavy atom. The van der Waals surface area contributed by atoms with E-state index in [0.717, 1.165) is 15.3 Å². The number of nitrogens with zero attached hydrogens (tertiary/aromatic N) is 2. The number of rotatable bonds is 8. The van der Waals surface area contributed by atoms with Crippen LogP contribution in [0.25, 0.3) is 10.2 Å². The predicted molar refractivity (Wildman–Crippen MR) is 121 cm³/mol. The van der Waals surface area contributed by atoms with Gasteiger partial charge < -0.3 is 15.6 Å². The summed E-state index contributed by atoms with van der Waals surface area (Å²) in [5.41, 5.74) is 1.43. The van der Waals surface area contributed by atoms with E-state index in [4.69, 9.17) is 0 Å². The maximum Gasteiger partial charge on any atom is 0.259 e. The second kappa shape index (κ2) is 9.86. The van der Waals surface area contributed by atoms with E-state index in [2.05, 4.69) is 25.6 Å². The molecular formula is C20H23N5O3S2. The van der Waals surface area contributed by atoms with Crippen LogP contribution in [0.4, 0.5) is 5.69 Å². The number of anilines is 1. The lowest BCUT2D eigenvalue weighted by atomic mass is 10.2. The third kappa shape index (κ3) is 5.45. The first-order valence-electron chi connectivity index (χ1n) is 9.43. The van der Waals surface area contributed by atoms with E-state index in [0.29, 0.717) is 22.7 Å². The number of aromatic nitrogens is 3. The van der Waals surface area contributed by atoms with Crippen molar-refractivity contribution >= 4 is 50.8 Å². The van der Waals surface area contributed by atoms with Gasteiger partial charge in [-0.2, -0.15) is 0 Å². The van der Waals surface area contributed by atoms with Crippen LogP contribution in [0.3, 0.4) is 0 Å². The zero-order chi connectivity index (χ0) is 21.7. The summed E-state index contributed by atoms with van der Waals surface area (Å²) in [6.45, 7) is 5.91. The quantitative estimate of drug-likeness (QED) is 0.491. The number of aromatic amines is 1. The Morgan fingerprint density at radius 3 is 2.87 bits per heavy atom. The van der Waals surface area contributed by atoms with Crippen LogP contribution in [0, 0.1) is 13.8 Å². The molecule has 10 heteroatoms. The molecule has 0 fully saturated rings. The van der Waals surface area contributed by atoms with Gasteiger partial charge in [-0.3, -0.25) is 19.4 Å². The summed E-state index contributed by atoms with van der Waals surface area (Å²) in [6.07, 6.45) is 3.35. The summed E-state index contributed by atoms with van der Waals surface area (Å²) in [7, 11) is 0. The van der Waals surface area contributed by atoms with E-state index in [1.165, 1.54) is 23.1 Å². The van der Waals surface area contributed by atoms with Gasteiger partial charge in [-0.1, -0.05) is 0 Å². The van der Waals surface area contributed by atoms with E-state index in [9.17, 15) is 14.4 Å². The van der Waals surface area contributed by atoms with E-state index < -0.39 is 0 Å². The first kappa shape index (κ1) is 22.0. The number of amides is 2. The van der Waals surface area contributed by atoms with Crippen LogP contribution in [-0.2, 0) is 15.3 Å². The SMILES string of the molecule is Cc1sc2nc(CSC(C)C(=O)NCCC(=O)Nc3cccnc3)[nH]c(=O)c2c1C. The van der Waals surface area contributed by atoms with E-state index in [1.54, 1.807) is 31.5 Å². The molecule has 3 rings (SSSR count). The van der Waals surface area contributed by atoms with Crippen molar-refractivity contribution in [1.82, 2.24) is 20.3 Å². The molecule has 0 aliphatic rings. The largest absolute Gasteiger partial charge is 0.355 e. The Labute approximate surface area is 181 Å². The summed E-state index contributed by atoms with van der Waals surface area (Å²) in [6, 6.07) is 3.48. The summed E-state index contributed by atoms with van der Waals surface area (Å²) in [4.78, 5) is 49.6. The lowest BCUT2D eigenvalue weighted by Crippen LogP contribution is -2.33. The van der Waals surface area contributed by atoms with Gasteiger partial charge in [-0.05, 0) is 38.5 Å². The van der Waals surface area contributed by atoms with E-state index in [-0.39, 0.29) is 35.6 Å². The Morgan fingerprint density at radius 2 is 2.13 bits per heavy atom. The molecule has 8 nitrogen and oxygen atoms in total. The number of nitrogens with one attached hydrogen (secondary N) is 3. The maximum atomic E-state index is 12.3. The molecule has 3 aromatic rings. The molecule has 2 amide bonds. The number of hydrogen-bond donors (Lipinski definition) is 3. The zero-order valence-corrected chi connectivity index (χ0v) is 18.6. The lowest BCUT2D eigenvalue weighted by molar-refractivity contribution is -0.120. The van der Waals surface area contributed by atoms with Crippen molar-refractivity contribution in [2.45, 2.75) is 38.2 Å². The minimum Gasteiger partial charge on any atom is -0.355 e. The van der Waals surface area contributed by atoms with Gasteiger partial charge in [0.05, 0.1) is 28.3 Å². The van der Waals surface area contributed by atoms with E-state index in [1.807, 2.05) is 13.8 Å². The number of H-pyrrole nitrogens is 1. The number of aryl methyl sites for hydroxylation is 2. The topological polar surface area (TPSA) is 117 Å². The fourth-order valence-corrected chi connectivity index (χ4v) is 4.58. The van der Waals surface area contributed by atoms with Crippen LogP contribution < -0.4 is 16.2 Å². The molecule has 3 N–H and O–H groups in total. The third-order valence-electron chi connectivity index (χ3n) is 4.52. The number of thiophene rings is 1. The second-order valence-corrected chi connectivity index (χ2v) is 9.29. The van der Waals surface area contributed by atoms with Crippen molar-refractivity contribution in [3.05, 3.63) is 51.1 Å². The average molecular weight is 446 g/mol. The second-order valence-electron chi connectivity index (χ2n) is 6.76. The fraction of sp³-hybridized carbons (Fsp3) is 0.350. The molecule has 1 unspecified atom stereocenters. The molecule has 0 bridgehead atoms. The van der Waals surface area contributed by atoms with Crippen LogP contribution in [0.2, 0.25) is 0 Å². The Bertz CT molecular complexity index is 1110. The van der Waals surface area contributed by atoms with Gasteiger partial charge in [-0.15, -0.1) is 23.1 Å². The molecule has 1 atom stereocenters. The summed E-state index contributed by atoms with van der Waals surface area (Å²) in [5.74, 6) is 0.604. The van der Waals surface area contributed by atoms with Crippen LogP contribution in [0.1, 0.15) is 29.6 Å². The van der Waals surface area contributed by atoms with Crippen molar-refractivity contribution in [1.29, 1.82) is 0 Å². The van der Waals surface area contributed by atoms with Crippen molar-refractivity contribution in [2.75, 3.05) is 11.9 Å². The predicted octanol–water partition coefficient (Wildman–Crippen LogP) is 2.76. The van der Waals surface area contributed by atoms with Gasteiger partial charge in [0.15, 0.2) is 0 Å². The summed E-state index contributed by atoms with van der Waals surface area (Å²) in [5, 5.41) is 5.77. The summed E-state index contributed by atoms with van der Waals surface area (Å²) >= 11 is 2.88. The van der Waals surface area contributed by atoms with Gasteiger partial charge >= 0.3 is 0 Å². The number of hydrogen-bond acceptors (Lipinski definition) is 7. The monoisotopic (exact) mass is 445 g/mol. The highest BCUT2D eigenvalue weighted by Crippen LogP contribution is 2.26. The molecule has 3 heterocycles. The molecule has 0 aliphatic heterocycles. The minimum absolute atomic E-state index is 0.144.